The van der Waals surface area contributed by atoms with E-state index in [0.29, 0.717) is 17.3 Å². The number of rotatable bonds is 7. The molecule has 0 saturated carbocycles. The third-order valence-electron chi connectivity index (χ3n) is 2.66. The van der Waals surface area contributed by atoms with Crippen LogP contribution >= 0.6 is 15.9 Å². The predicted octanol–water partition coefficient (Wildman–Crippen LogP) is 2.28. The Balaban J connectivity index is 2.61. The van der Waals surface area contributed by atoms with Crippen molar-refractivity contribution in [3.63, 3.8) is 0 Å². The Hall–Kier alpha value is -0.500. The molecule has 2 N–H and O–H groups in total. The van der Waals surface area contributed by atoms with E-state index >= 15 is 0 Å². The van der Waals surface area contributed by atoms with Crippen molar-refractivity contribution in [3.05, 3.63) is 28.5 Å². The van der Waals surface area contributed by atoms with Crippen LogP contribution in [-0.2, 0) is 10.0 Å². The highest BCUT2D eigenvalue weighted by Crippen LogP contribution is 2.19. The fourth-order valence-electron chi connectivity index (χ4n) is 1.52. The molecular weight excluding hydrogens is 337 g/mol. The summed E-state index contributed by atoms with van der Waals surface area (Å²) < 4.78 is 40.1. The van der Waals surface area contributed by atoms with E-state index in [2.05, 4.69) is 20.7 Å². The minimum atomic E-state index is -3.82. The predicted molar refractivity (Wildman–Crippen MR) is 74.8 cm³/mol. The molecule has 1 rings (SSSR count). The van der Waals surface area contributed by atoms with Crippen LogP contribution in [0.15, 0.2) is 27.6 Å². The van der Waals surface area contributed by atoms with Gasteiger partial charge in [-0.25, -0.2) is 17.5 Å². The van der Waals surface area contributed by atoms with Gasteiger partial charge in [-0.05, 0) is 37.0 Å². The third-order valence-corrected chi connectivity index (χ3v) is 4.65. The Kier molecular flexibility index (Phi) is 6.38. The van der Waals surface area contributed by atoms with E-state index in [1.54, 1.807) is 0 Å². The van der Waals surface area contributed by atoms with E-state index < -0.39 is 15.8 Å². The highest BCUT2D eigenvalue weighted by atomic mass is 79.9. The van der Waals surface area contributed by atoms with E-state index in [9.17, 15) is 12.8 Å². The number of sulfonamides is 1. The lowest BCUT2D eigenvalue weighted by atomic mass is 10.1. The van der Waals surface area contributed by atoms with Gasteiger partial charge in [-0.15, -0.1) is 0 Å². The fourth-order valence-corrected chi connectivity index (χ4v) is 2.98. The zero-order chi connectivity index (χ0) is 14.5. The molecule has 0 heterocycles. The van der Waals surface area contributed by atoms with Crippen molar-refractivity contribution in [1.29, 1.82) is 0 Å². The zero-order valence-corrected chi connectivity index (χ0v) is 13.0. The summed E-state index contributed by atoms with van der Waals surface area (Å²) >= 11 is 3.07. The summed E-state index contributed by atoms with van der Waals surface area (Å²) in [6.07, 6.45) is 1.31. The molecule has 0 saturated heterocycles. The van der Waals surface area contributed by atoms with Crippen LogP contribution in [0.3, 0.4) is 0 Å². The number of hydrogen-bond acceptors (Lipinski definition) is 3. The van der Waals surface area contributed by atoms with Gasteiger partial charge in [0, 0.05) is 17.6 Å². The first kappa shape index (κ1) is 16.6. The largest absolute Gasteiger partial charge is 0.396 e. The Morgan fingerprint density at radius 3 is 2.74 bits per heavy atom. The molecule has 7 heteroatoms. The lowest BCUT2D eigenvalue weighted by Crippen LogP contribution is -2.26. The van der Waals surface area contributed by atoms with Gasteiger partial charge in [0.1, 0.15) is 10.7 Å². The van der Waals surface area contributed by atoms with Gasteiger partial charge < -0.3 is 5.11 Å². The van der Waals surface area contributed by atoms with Gasteiger partial charge in [-0.3, -0.25) is 0 Å². The molecule has 1 unspecified atom stereocenters. The molecule has 0 fully saturated rings. The van der Waals surface area contributed by atoms with Crippen LogP contribution in [0.4, 0.5) is 4.39 Å². The number of benzene rings is 1. The van der Waals surface area contributed by atoms with Gasteiger partial charge in [-0.2, -0.15) is 0 Å². The molecule has 19 heavy (non-hydrogen) atoms. The molecule has 0 bridgehead atoms. The monoisotopic (exact) mass is 353 g/mol. The van der Waals surface area contributed by atoms with Crippen molar-refractivity contribution < 1.29 is 17.9 Å². The van der Waals surface area contributed by atoms with Crippen molar-refractivity contribution in [2.24, 2.45) is 5.92 Å². The van der Waals surface area contributed by atoms with Crippen LogP contribution in [0.5, 0.6) is 0 Å². The van der Waals surface area contributed by atoms with E-state index in [4.69, 9.17) is 5.11 Å². The number of aliphatic hydroxyl groups is 1. The average Bonchev–Trinajstić information content (AvgIpc) is 2.33. The molecule has 0 aromatic heterocycles. The minimum absolute atomic E-state index is 0.0775. The first-order valence-electron chi connectivity index (χ1n) is 5.92. The summed E-state index contributed by atoms with van der Waals surface area (Å²) in [7, 11) is -3.82. The smallest absolute Gasteiger partial charge is 0.243 e. The first-order chi connectivity index (χ1) is 8.86. The van der Waals surface area contributed by atoms with E-state index in [-0.39, 0.29) is 24.0 Å². The molecule has 0 radical (unpaired) electrons. The second kappa shape index (κ2) is 7.33. The average molecular weight is 354 g/mol. The van der Waals surface area contributed by atoms with Crippen molar-refractivity contribution in [1.82, 2.24) is 4.72 Å². The van der Waals surface area contributed by atoms with Crippen LogP contribution in [-0.4, -0.2) is 26.7 Å². The molecule has 108 valence electrons. The molecule has 0 spiro atoms. The zero-order valence-electron chi connectivity index (χ0n) is 10.6. The van der Waals surface area contributed by atoms with Crippen LogP contribution < -0.4 is 4.72 Å². The minimum Gasteiger partial charge on any atom is -0.396 e. The topological polar surface area (TPSA) is 66.4 Å². The number of halogens is 2. The summed E-state index contributed by atoms with van der Waals surface area (Å²) in [6, 6.07) is 3.81. The van der Waals surface area contributed by atoms with Crippen LogP contribution in [0, 0.1) is 11.7 Å². The standard InChI is InChI=1S/C12H17BrFNO3S/c1-9(8-16)3-2-6-15-19(17,18)12-5-4-10(13)7-11(12)14/h4-5,7,9,15-16H,2-3,6,8H2,1H3. The van der Waals surface area contributed by atoms with Crippen molar-refractivity contribution >= 4 is 26.0 Å². The fraction of sp³-hybridized carbons (Fsp3) is 0.500. The molecule has 0 aliphatic heterocycles. The van der Waals surface area contributed by atoms with Gasteiger partial charge in [0.15, 0.2) is 0 Å². The van der Waals surface area contributed by atoms with Gasteiger partial charge in [-0.1, -0.05) is 22.9 Å². The Morgan fingerprint density at radius 1 is 1.47 bits per heavy atom. The lowest BCUT2D eigenvalue weighted by molar-refractivity contribution is 0.228. The molecule has 1 atom stereocenters. The van der Waals surface area contributed by atoms with E-state index in [0.717, 1.165) is 6.07 Å². The summed E-state index contributed by atoms with van der Waals surface area (Å²) in [5, 5.41) is 8.84. The van der Waals surface area contributed by atoms with Gasteiger partial charge in [0.2, 0.25) is 10.0 Å². The Morgan fingerprint density at radius 2 is 2.16 bits per heavy atom. The van der Waals surface area contributed by atoms with Gasteiger partial charge in [0.25, 0.3) is 0 Å². The SMILES string of the molecule is CC(CO)CCCNS(=O)(=O)c1ccc(Br)cc1F. The lowest BCUT2D eigenvalue weighted by Gasteiger charge is -2.10. The normalized spacial score (nSPS) is 13.5. The van der Waals surface area contributed by atoms with Crippen molar-refractivity contribution in [3.8, 4) is 0 Å². The summed E-state index contributed by atoms with van der Waals surface area (Å²) in [6.45, 7) is 2.18. The summed E-state index contributed by atoms with van der Waals surface area (Å²) in [4.78, 5) is -0.356. The molecule has 0 amide bonds. The second-order valence-corrected chi connectivity index (χ2v) is 7.05. The van der Waals surface area contributed by atoms with E-state index in [1.165, 1.54) is 12.1 Å². The van der Waals surface area contributed by atoms with Gasteiger partial charge >= 0.3 is 0 Å². The maximum Gasteiger partial charge on any atom is 0.243 e. The Bertz CT molecular complexity index is 522. The molecule has 1 aromatic rings. The second-order valence-electron chi connectivity index (χ2n) is 4.40. The molecule has 4 nitrogen and oxygen atoms in total. The quantitative estimate of drug-likeness (QED) is 0.739. The third kappa shape index (κ3) is 5.18. The maximum absolute atomic E-state index is 13.6. The Labute approximate surface area is 121 Å². The van der Waals surface area contributed by atoms with Gasteiger partial charge in [0.05, 0.1) is 0 Å². The van der Waals surface area contributed by atoms with Crippen LogP contribution in [0.25, 0.3) is 0 Å². The highest BCUT2D eigenvalue weighted by Gasteiger charge is 2.18. The first-order valence-corrected chi connectivity index (χ1v) is 8.20. The summed E-state index contributed by atoms with van der Waals surface area (Å²) in [5.41, 5.74) is 0. The number of aliphatic hydroxyl groups excluding tert-OH is 1. The molecule has 0 aliphatic rings. The summed E-state index contributed by atoms with van der Waals surface area (Å²) in [5.74, 6) is -0.653. The molecular formula is C12H17BrFNO3S. The highest BCUT2D eigenvalue weighted by molar-refractivity contribution is 9.10. The van der Waals surface area contributed by atoms with E-state index in [1.807, 2.05) is 6.92 Å². The maximum atomic E-state index is 13.6. The molecule has 1 aromatic carbocycles. The van der Waals surface area contributed by atoms with Crippen molar-refractivity contribution in [2.75, 3.05) is 13.2 Å². The number of nitrogens with one attached hydrogen (secondary N) is 1. The van der Waals surface area contributed by atoms with Crippen LogP contribution in [0.1, 0.15) is 19.8 Å². The van der Waals surface area contributed by atoms with Crippen molar-refractivity contribution in [2.45, 2.75) is 24.7 Å². The van der Waals surface area contributed by atoms with Crippen LogP contribution in [0.2, 0.25) is 0 Å². The molecule has 0 aliphatic carbocycles. The number of hydrogen-bond donors (Lipinski definition) is 2.